The van der Waals surface area contributed by atoms with Crippen LogP contribution in [0.25, 0.3) is 11.1 Å². The fourth-order valence-corrected chi connectivity index (χ4v) is 5.17. The molecule has 3 aromatic rings. The molecule has 2 unspecified atom stereocenters. The van der Waals surface area contributed by atoms with Gasteiger partial charge in [-0.2, -0.15) is 0 Å². The van der Waals surface area contributed by atoms with E-state index in [4.69, 9.17) is 0 Å². The molecular weight excluding hydrogens is 496 g/mol. The van der Waals surface area contributed by atoms with Crippen LogP contribution >= 0.6 is 0 Å². The highest BCUT2D eigenvalue weighted by atomic mass is 19.1. The number of hydrogen-bond donors (Lipinski definition) is 3. The largest absolute Gasteiger partial charge is 0.383 e. The van der Waals surface area contributed by atoms with Crippen molar-refractivity contribution < 1.29 is 18.4 Å². The van der Waals surface area contributed by atoms with Crippen LogP contribution in [0.3, 0.4) is 0 Å². The van der Waals surface area contributed by atoms with Crippen molar-refractivity contribution in [3.8, 4) is 11.1 Å². The molecule has 5 nitrogen and oxygen atoms in total. The van der Waals surface area contributed by atoms with Gasteiger partial charge in [0.2, 0.25) is 11.8 Å². The molecule has 3 aromatic carbocycles. The summed E-state index contributed by atoms with van der Waals surface area (Å²) in [6.45, 7) is 2.55. The molecule has 3 N–H and O–H groups in total. The minimum absolute atomic E-state index is 0.229. The molecule has 1 aliphatic carbocycles. The lowest BCUT2D eigenvalue weighted by atomic mass is 9.84. The van der Waals surface area contributed by atoms with Gasteiger partial charge in [0.15, 0.2) is 0 Å². The standard InChI is InChI=1S/C32H37F2N3O2/c1-22(25-12-17-28(29(34)21-25)24-10-6-3-7-11-24)31(38)37-30(20-23-8-4-2-5-9-23)32(39)36-19-18-35-27-15-13-26(33)14-16-27/h3,6-7,10-17,21-23,30,35H,2,4-5,8-9,18-20H2,1H3,(H,36,39)(H,37,38). The molecule has 4 rings (SSSR count). The number of amides is 2. The predicted molar refractivity (Wildman–Crippen MR) is 151 cm³/mol. The maximum Gasteiger partial charge on any atom is 0.242 e. The highest BCUT2D eigenvalue weighted by Gasteiger charge is 2.28. The van der Waals surface area contributed by atoms with E-state index in [1.54, 1.807) is 31.2 Å². The summed E-state index contributed by atoms with van der Waals surface area (Å²) in [6, 6.07) is 19.5. The van der Waals surface area contributed by atoms with Crippen LogP contribution in [0.5, 0.6) is 0 Å². The van der Waals surface area contributed by atoms with E-state index in [-0.39, 0.29) is 23.4 Å². The Morgan fingerprint density at radius 2 is 1.59 bits per heavy atom. The van der Waals surface area contributed by atoms with Crippen LogP contribution in [0, 0.1) is 17.6 Å². The maximum atomic E-state index is 15.0. The second-order valence-electron chi connectivity index (χ2n) is 10.4. The third-order valence-corrected chi connectivity index (χ3v) is 7.50. The van der Waals surface area contributed by atoms with Gasteiger partial charge < -0.3 is 16.0 Å². The van der Waals surface area contributed by atoms with Crippen LogP contribution in [0.1, 0.15) is 56.9 Å². The lowest BCUT2D eigenvalue weighted by molar-refractivity contribution is -0.130. The van der Waals surface area contributed by atoms with Gasteiger partial charge in [0.25, 0.3) is 0 Å². The average molecular weight is 534 g/mol. The van der Waals surface area contributed by atoms with Gasteiger partial charge in [-0.15, -0.1) is 0 Å². The first kappa shape index (κ1) is 28.3. The Balaban J connectivity index is 1.37. The Hall–Kier alpha value is -3.74. The molecule has 0 aromatic heterocycles. The average Bonchev–Trinajstić information content (AvgIpc) is 2.96. The number of nitrogens with one attached hydrogen (secondary N) is 3. The minimum Gasteiger partial charge on any atom is -0.383 e. The number of rotatable bonds is 11. The second kappa shape index (κ2) is 13.9. The van der Waals surface area contributed by atoms with Crippen LogP contribution in [-0.2, 0) is 9.59 Å². The van der Waals surface area contributed by atoms with Gasteiger partial charge in [-0.25, -0.2) is 8.78 Å². The van der Waals surface area contributed by atoms with Crippen molar-refractivity contribution in [2.75, 3.05) is 18.4 Å². The number of carbonyl (C=O) groups excluding carboxylic acids is 2. The Kier molecular flexibility index (Phi) is 10.1. The van der Waals surface area contributed by atoms with Crippen LogP contribution < -0.4 is 16.0 Å². The van der Waals surface area contributed by atoms with Crippen LogP contribution in [0.15, 0.2) is 72.8 Å². The van der Waals surface area contributed by atoms with Crippen LogP contribution in [0.2, 0.25) is 0 Å². The second-order valence-corrected chi connectivity index (χ2v) is 10.4. The summed E-state index contributed by atoms with van der Waals surface area (Å²) in [5, 5.41) is 9.03. The fourth-order valence-electron chi connectivity index (χ4n) is 5.17. The van der Waals surface area contributed by atoms with E-state index in [0.717, 1.165) is 36.9 Å². The van der Waals surface area contributed by atoms with E-state index < -0.39 is 12.0 Å². The zero-order chi connectivity index (χ0) is 27.6. The molecule has 0 spiro atoms. The van der Waals surface area contributed by atoms with Crippen molar-refractivity contribution in [2.45, 2.75) is 57.4 Å². The number of halogens is 2. The zero-order valence-electron chi connectivity index (χ0n) is 22.4. The van der Waals surface area contributed by atoms with Crippen molar-refractivity contribution in [3.05, 3.63) is 90.0 Å². The first-order valence-corrected chi connectivity index (χ1v) is 13.8. The quantitative estimate of drug-likeness (QED) is 0.249. The zero-order valence-corrected chi connectivity index (χ0v) is 22.4. The molecule has 0 saturated heterocycles. The SMILES string of the molecule is CC(C(=O)NC(CC1CCCCC1)C(=O)NCCNc1ccc(F)cc1)c1ccc(-c2ccccc2)c(F)c1. The van der Waals surface area contributed by atoms with Crippen molar-refractivity contribution in [2.24, 2.45) is 5.92 Å². The molecule has 0 bridgehead atoms. The summed E-state index contributed by atoms with van der Waals surface area (Å²) >= 11 is 0. The smallest absolute Gasteiger partial charge is 0.242 e. The Bertz CT molecular complexity index is 1230. The van der Waals surface area contributed by atoms with Crippen LogP contribution in [-0.4, -0.2) is 30.9 Å². The Morgan fingerprint density at radius 3 is 2.28 bits per heavy atom. The molecule has 39 heavy (non-hydrogen) atoms. The van der Waals surface area contributed by atoms with Crippen molar-refractivity contribution >= 4 is 17.5 Å². The monoisotopic (exact) mass is 533 g/mol. The van der Waals surface area contributed by atoms with Gasteiger partial charge >= 0.3 is 0 Å². The number of hydrogen-bond acceptors (Lipinski definition) is 3. The topological polar surface area (TPSA) is 70.2 Å². The van der Waals surface area contributed by atoms with Crippen molar-refractivity contribution in [1.82, 2.24) is 10.6 Å². The number of carbonyl (C=O) groups is 2. The summed E-state index contributed by atoms with van der Waals surface area (Å²) < 4.78 is 28.1. The molecule has 1 saturated carbocycles. The maximum absolute atomic E-state index is 15.0. The van der Waals surface area contributed by atoms with E-state index in [0.29, 0.717) is 36.6 Å². The van der Waals surface area contributed by atoms with E-state index in [1.165, 1.54) is 24.6 Å². The fraction of sp³-hybridized carbons (Fsp3) is 0.375. The third kappa shape index (κ3) is 8.12. The molecule has 0 heterocycles. The highest BCUT2D eigenvalue weighted by molar-refractivity contribution is 5.90. The Morgan fingerprint density at radius 1 is 0.872 bits per heavy atom. The summed E-state index contributed by atoms with van der Waals surface area (Å²) in [4.78, 5) is 26.4. The van der Waals surface area contributed by atoms with Crippen LogP contribution in [0.4, 0.5) is 14.5 Å². The first-order chi connectivity index (χ1) is 18.9. The van der Waals surface area contributed by atoms with Gasteiger partial charge in [-0.05, 0) is 60.7 Å². The van der Waals surface area contributed by atoms with Gasteiger partial charge in [-0.1, -0.05) is 74.6 Å². The van der Waals surface area contributed by atoms with E-state index >= 15 is 0 Å². The molecule has 1 aliphatic rings. The van der Waals surface area contributed by atoms with E-state index in [9.17, 15) is 18.4 Å². The number of anilines is 1. The van der Waals surface area contributed by atoms with Gasteiger partial charge in [0, 0.05) is 24.3 Å². The van der Waals surface area contributed by atoms with Gasteiger partial charge in [0.1, 0.15) is 17.7 Å². The highest BCUT2D eigenvalue weighted by Crippen LogP contribution is 2.29. The van der Waals surface area contributed by atoms with E-state index in [1.807, 2.05) is 30.3 Å². The molecule has 7 heteroatoms. The summed E-state index contributed by atoms with van der Waals surface area (Å²) in [5.74, 6) is -1.46. The summed E-state index contributed by atoms with van der Waals surface area (Å²) in [6.07, 6.45) is 6.16. The molecule has 206 valence electrons. The van der Waals surface area contributed by atoms with Crippen molar-refractivity contribution in [3.63, 3.8) is 0 Å². The Labute approximate surface area is 229 Å². The number of benzene rings is 3. The summed E-state index contributed by atoms with van der Waals surface area (Å²) in [7, 11) is 0. The molecule has 0 aliphatic heterocycles. The molecular formula is C32H37F2N3O2. The molecule has 0 radical (unpaired) electrons. The van der Waals surface area contributed by atoms with Gasteiger partial charge in [-0.3, -0.25) is 9.59 Å². The van der Waals surface area contributed by atoms with Crippen molar-refractivity contribution in [1.29, 1.82) is 0 Å². The molecule has 2 atom stereocenters. The third-order valence-electron chi connectivity index (χ3n) is 7.50. The normalized spacial score (nSPS) is 15.3. The predicted octanol–water partition coefficient (Wildman–Crippen LogP) is 6.42. The molecule has 2 amide bonds. The first-order valence-electron chi connectivity index (χ1n) is 13.8. The molecule has 1 fully saturated rings. The van der Waals surface area contributed by atoms with Gasteiger partial charge in [0.05, 0.1) is 5.92 Å². The lowest BCUT2D eigenvalue weighted by Crippen LogP contribution is -2.49. The lowest BCUT2D eigenvalue weighted by Gasteiger charge is -2.27. The minimum atomic E-state index is -0.665. The van der Waals surface area contributed by atoms with E-state index in [2.05, 4.69) is 16.0 Å². The summed E-state index contributed by atoms with van der Waals surface area (Å²) in [5.41, 5.74) is 2.58.